The van der Waals surface area contributed by atoms with Gasteiger partial charge in [-0.25, -0.2) is 14.8 Å². The Morgan fingerprint density at radius 2 is 1.82 bits per heavy atom. The number of hydrogen-bond acceptors (Lipinski definition) is 7. The molecular weight excluding hydrogens is 506 g/mol. The van der Waals surface area contributed by atoms with Crippen molar-refractivity contribution < 1.29 is 28.3 Å². The van der Waals surface area contributed by atoms with Crippen molar-refractivity contribution in [2.24, 2.45) is 0 Å². The monoisotopic (exact) mass is 527 g/mol. The highest BCUT2D eigenvalue weighted by molar-refractivity contribution is 9.10. The Morgan fingerprint density at radius 3 is 2.50 bits per heavy atom. The minimum atomic E-state index is -1.14. The maximum Gasteiger partial charge on any atom is 0.416 e. The zero-order valence-corrected chi connectivity index (χ0v) is 20.2. The SMILES string of the molecule is Cc1nc(CCc2nc3cc(CN(CC(=O)O)C(=O)Oc4ccc(Br)cc4)ccc3o2)c(C)o1. The molecular formula is C24H22BrN3O6. The van der Waals surface area contributed by atoms with E-state index in [0.29, 0.717) is 47.0 Å². The first kappa shape index (κ1) is 23.5. The van der Waals surface area contributed by atoms with Gasteiger partial charge in [-0.1, -0.05) is 22.0 Å². The van der Waals surface area contributed by atoms with Crippen LogP contribution in [0.15, 0.2) is 55.8 Å². The molecule has 0 fully saturated rings. The van der Waals surface area contributed by atoms with Crippen molar-refractivity contribution in [1.29, 1.82) is 0 Å². The number of nitrogens with zero attached hydrogens (tertiary/aromatic N) is 3. The van der Waals surface area contributed by atoms with Crippen molar-refractivity contribution in [2.75, 3.05) is 6.54 Å². The van der Waals surface area contributed by atoms with E-state index in [1.165, 1.54) is 0 Å². The number of fused-ring (bicyclic) bond motifs is 1. The number of aliphatic carboxylic acids is 1. The van der Waals surface area contributed by atoms with Crippen molar-refractivity contribution in [2.45, 2.75) is 33.2 Å². The van der Waals surface area contributed by atoms with Crippen LogP contribution < -0.4 is 4.74 Å². The van der Waals surface area contributed by atoms with Crippen molar-refractivity contribution in [1.82, 2.24) is 14.9 Å². The first-order valence-electron chi connectivity index (χ1n) is 10.5. The normalized spacial score (nSPS) is 11.0. The van der Waals surface area contributed by atoms with Gasteiger partial charge in [-0.05, 0) is 48.9 Å². The van der Waals surface area contributed by atoms with Crippen molar-refractivity contribution >= 4 is 39.1 Å². The van der Waals surface area contributed by atoms with Gasteiger partial charge in [-0.2, -0.15) is 0 Å². The zero-order valence-electron chi connectivity index (χ0n) is 18.6. The summed E-state index contributed by atoms with van der Waals surface area (Å²) in [6.45, 7) is 3.21. The molecule has 1 amide bonds. The van der Waals surface area contributed by atoms with E-state index in [-0.39, 0.29) is 6.54 Å². The van der Waals surface area contributed by atoms with Gasteiger partial charge < -0.3 is 18.7 Å². The van der Waals surface area contributed by atoms with Crippen LogP contribution >= 0.6 is 15.9 Å². The summed E-state index contributed by atoms with van der Waals surface area (Å²) in [6.07, 6.45) is 0.433. The molecule has 0 atom stereocenters. The van der Waals surface area contributed by atoms with Crippen LogP contribution in [-0.4, -0.2) is 38.6 Å². The third-order valence-electron chi connectivity index (χ3n) is 5.05. The average molecular weight is 528 g/mol. The Balaban J connectivity index is 1.46. The Hall–Kier alpha value is -3.66. The fourth-order valence-corrected chi connectivity index (χ4v) is 3.76. The second kappa shape index (κ2) is 10.1. The van der Waals surface area contributed by atoms with Crippen LogP contribution in [0.25, 0.3) is 11.1 Å². The summed E-state index contributed by atoms with van der Waals surface area (Å²) in [7, 11) is 0. The Kier molecular flexibility index (Phi) is 6.97. The minimum Gasteiger partial charge on any atom is -0.480 e. The van der Waals surface area contributed by atoms with Gasteiger partial charge in [-0.15, -0.1) is 0 Å². The number of oxazole rings is 2. The molecule has 0 saturated carbocycles. The molecule has 10 heteroatoms. The number of carbonyl (C=O) groups excluding carboxylic acids is 1. The van der Waals surface area contributed by atoms with E-state index in [0.717, 1.165) is 20.8 Å². The van der Waals surface area contributed by atoms with Crippen LogP contribution in [0, 0.1) is 13.8 Å². The topological polar surface area (TPSA) is 119 Å². The zero-order chi connectivity index (χ0) is 24.2. The van der Waals surface area contributed by atoms with E-state index in [9.17, 15) is 14.7 Å². The molecule has 0 aliphatic heterocycles. The van der Waals surface area contributed by atoms with Crippen LogP contribution in [-0.2, 0) is 24.2 Å². The summed E-state index contributed by atoms with van der Waals surface area (Å²) < 4.78 is 17.5. The minimum absolute atomic E-state index is 0.0389. The standard InChI is InChI=1S/C24H22BrN3O6/c1-14-19(26-15(2)32-14)8-10-22-27-20-11-16(3-9-21(20)34-22)12-28(13-23(29)30)24(31)33-18-6-4-17(25)5-7-18/h3-7,9,11H,8,10,12-13H2,1-2H3,(H,29,30). The molecule has 9 nitrogen and oxygen atoms in total. The van der Waals surface area contributed by atoms with E-state index >= 15 is 0 Å². The van der Waals surface area contributed by atoms with Gasteiger partial charge in [0, 0.05) is 30.8 Å². The highest BCUT2D eigenvalue weighted by atomic mass is 79.9. The third-order valence-corrected chi connectivity index (χ3v) is 5.58. The number of carbonyl (C=O) groups is 2. The smallest absolute Gasteiger partial charge is 0.416 e. The fraction of sp³-hybridized carbons (Fsp3) is 0.250. The number of rotatable bonds is 8. The number of amides is 1. The summed E-state index contributed by atoms with van der Waals surface area (Å²) in [5.41, 5.74) is 2.80. The predicted molar refractivity (Wildman–Crippen MR) is 126 cm³/mol. The van der Waals surface area contributed by atoms with Crippen LogP contribution in [0.2, 0.25) is 0 Å². The Morgan fingerprint density at radius 1 is 1.06 bits per heavy atom. The van der Waals surface area contributed by atoms with Gasteiger partial charge in [0.15, 0.2) is 17.4 Å². The van der Waals surface area contributed by atoms with E-state index < -0.39 is 18.6 Å². The number of aryl methyl sites for hydroxylation is 4. The lowest BCUT2D eigenvalue weighted by Crippen LogP contribution is -2.37. The van der Waals surface area contributed by atoms with Crippen LogP contribution in [0.4, 0.5) is 4.79 Å². The number of benzene rings is 2. The summed E-state index contributed by atoms with van der Waals surface area (Å²) >= 11 is 3.32. The van der Waals surface area contributed by atoms with E-state index in [4.69, 9.17) is 13.6 Å². The van der Waals surface area contributed by atoms with Gasteiger partial charge >= 0.3 is 12.1 Å². The van der Waals surface area contributed by atoms with Gasteiger partial charge in [0.25, 0.3) is 0 Å². The average Bonchev–Trinajstić information content (AvgIpc) is 3.34. The van der Waals surface area contributed by atoms with Gasteiger partial charge in [0.2, 0.25) is 0 Å². The summed E-state index contributed by atoms with van der Waals surface area (Å²) in [5, 5.41) is 9.27. The second-order valence-corrected chi connectivity index (χ2v) is 8.63. The van der Waals surface area contributed by atoms with Gasteiger partial charge in [0.1, 0.15) is 23.6 Å². The van der Waals surface area contributed by atoms with Crippen LogP contribution in [0.3, 0.4) is 0 Å². The molecule has 34 heavy (non-hydrogen) atoms. The Bertz CT molecular complexity index is 1330. The molecule has 4 rings (SSSR count). The van der Waals surface area contributed by atoms with Crippen LogP contribution in [0.1, 0.15) is 28.8 Å². The first-order chi connectivity index (χ1) is 16.3. The molecule has 4 aromatic rings. The lowest BCUT2D eigenvalue weighted by atomic mass is 10.2. The van der Waals surface area contributed by atoms with Crippen molar-refractivity contribution in [3.8, 4) is 5.75 Å². The number of ether oxygens (including phenoxy) is 1. The number of carboxylic acid groups (broad SMARTS) is 1. The molecule has 0 aliphatic carbocycles. The molecule has 2 aromatic heterocycles. The lowest BCUT2D eigenvalue weighted by Gasteiger charge is -2.20. The van der Waals surface area contributed by atoms with Crippen LogP contribution in [0.5, 0.6) is 5.75 Å². The first-order valence-corrected chi connectivity index (χ1v) is 11.3. The van der Waals surface area contributed by atoms with E-state index in [1.807, 2.05) is 6.92 Å². The molecule has 2 heterocycles. The van der Waals surface area contributed by atoms with Crippen molar-refractivity contribution in [3.05, 3.63) is 75.7 Å². The van der Waals surface area contributed by atoms with Gasteiger partial charge in [0.05, 0.1) is 5.69 Å². The highest BCUT2D eigenvalue weighted by Crippen LogP contribution is 2.21. The van der Waals surface area contributed by atoms with E-state index in [1.54, 1.807) is 49.4 Å². The largest absolute Gasteiger partial charge is 0.480 e. The molecule has 1 N–H and O–H groups in total. The van der Waals surface area contributed by atoms with Gasteiger partial charge in [-0.3, -0.25) is 9.69 Å². The predicted octanol–water partition coefficient (Wildman–Crippen LogP) is 5.07. The maximum atomic E-state index is 12.6. The maximum absolute atomic E-state index is 12.6. The third kappa shape index (κ3) is 5.82. The quantitative estimate of drug-likeness (QED) is 0.337. The fourth-order valence-electron chi connectivity index (χ4n) is 3.49. The molecule has 0 saturated heterocycles. The van der Waals surface area contributed by atoms with Crippen molar-refractivity contribution in [3.63, 3.8) is 0 Å². The molecule has 0 spiro atoms. The molecule has 176 valence electrons. The number of carboxylic acids is 1. The Labute approximate surface area is 203 Å². The summed E-state index contributed by atoms with van der Waals surface area (Å²) in [4.78, 5) is 34.0. The molecule has 0 bridgehead atoms. The molecule has 0 aliphatic rings. The number of aromatic nitrogens is 2. The second-order valence-electron chi connectivity index (χ2n) is 7.72. The molecule has 0 unspecified atom stereocenters. The molecule has 0 radical (unpaired) electrons. The number of halogens is 1. The number of hydrogen-bond donors (Lipinski definition) is 1. The molecule has 2 aromatic carbocycles. The van der Waals surface area contributed by atoms with E-state index in [2.05, 4.69) is 25.9 Å². The highest BCUT2D eigenvalue weighted by Gasteiger charge is 2.20. The summed E-state index contributed by atoms with van der Waals surface area (Å²) in [5.74, 6) is 1.14. The lowest BCUT2D eigenvalue weighted by molar-refractivity contribution is -0.138. The summed E-state index contributed by atoms with van der Waals surface area (Å²) in [6, 6.07) is 12.0.